The summed E-state index contributed by atoms with van der Waals surface area (Å²) >= 11 is 6.47. The highest BCUT2D eigenvalue weighted by molar-refractivity contribution is 7.80. The van der Waals surface area contributed by atoms with E-state index in [-0.39, 0.29) is 23.3 Å². The summed E-state index contributed by atoms with van der Waals surface area (Å²) in [6, 6.07) is 13.1. The largest absolute Gasteiger partial charge is 0.298 e. The molecule has 118 valence electrons. The van der Waals surface area contributed by atoms with Crippen LogP contribution in [0.25, 0.3) is 6.08 Å². The number of benzene rings is 1. The summed E-state index contributed by atoms with van der Waals surface area (Å²) in [7, 11) is 0. The third-order valence-electron chi connectivity index (χ3n) is 2.70. The number of carbonyl (C=O) groups is 2. The maximum atomic E-state index is 11.7. The highest BCUT2D eigenvalue weighted by atomic mass is 32.1. The Morgan fingerprint density at radius 1 is 1.09 bits per heavy atom. The van der Waals surface area contributed by atoms with Gasteiger partial charge in [0.1, 0.15) is 0 Å². The molecule has 2 rings (SSSR count). The molecule has 0 spiro atoms. The molecule has 23 heavy (non-hydrogen) atoms. The van der Waals surface area contributed by atoms with Crippen molar-refractivity contribution >= 4 is 46.6 Å². The highest BCUT2D eigenvalue weighted by Gasteiger charge is 2.05. The first-order chi connectivity index (χ1) is 11.1. The fourth-order valence-corrected chi connectivity index (χ4v) is 2.45. The molecule has 0 aliphatic heterocycles. The molecule has 0 aliphatic rings. The number of hydrogen-bond donors (Lipinski definition) is 3. The van der Waals surface area contributed by atoms with Gasteiger partial charge in [0.25, 0.3) is 0 Å². The molecule has 0 bridgehead atoms. The van der Waals surface area contributed by atoms with E-state index < -0.39 is 0 Å². The maximum absolute atomic E-state index is 11.7. The first-order valence-electron chi connectivity index (χ1n) is 6.79. The Hall–Kier alpha value is -2.51. The number of thiocarbonyl (C=S) groups is 1. The van der Waals surface area contributed by atoms with E-state index in [2.05, 4.69) is 16.2 Å². The van der Waals surface area contributed by atoms with Gasteiger partial charge in [-0.05, 0) is 35.3 Å². The summed E-state index contributed by atoms with van der Waals surface area (Å²) in [6.45, 7) is 0. The third kappa shape index (κ3) is 6.41. The van der Waals surface area contributed by atoms with Crippen LogP contribution in [-0.2, 0) is 16.0 Å². The van der Waals surface area contributed by atoms with Crippen molar-refractivity contribution in [3.05, 3.63) is 64.4 Å². The summed E-state index contributed by atoms with van der Waals surface area (Å²) < 4.78 is 0. The molecular weight excluding hydrogens is 330 g/mol. The molecule has 0 saturated heterocycles. The van der Waals surface area contributed by atoms with E-state index in [1.54, 1.807) is 6.08 Å². The minimum absolute atomic E-state index is 0.0345. The molecule has 0 radical (unpaired) electrons. The molecule has 1 aromatic carbocycles. The third-order valence-corrected chi connectivity index (χ3v) is 3.74. The minimum atomic E-state index is -0.367. The number of hydrogen-bond acceptors (Lipinski definition) is 4. The fraction of sp³-hybridized carbons (Fsp3) is 0.0625. The van der Waals surface area contributed by atoms with Crippen molar-refractivity contribution < 1.29 is 9.59 Å². The molecule has 2 aromatic rings. The lowest BCUT2D eigenvalue weighted by molar-refractivity contribution is -0.121. The van der Waals surface area contributed by atoms with Crippen LogP contribution in [0.2, 0.25) is 0 Å². The van der Waals surface area contributed by atoms with E-state index in [4.69, 9.17) is 12.2 Å². The van der Waals surface area contributed by atoms with Gasteiger partial charge in [-0.15, -0.1) is 11.3 Å². The standard InChI is InChI=1S/C16H15N3O2S2/c20-14(9-8-13-7-4-10-23-13)17-16(22)19-18-15(21)11-12-5-2-1-3-6-12/h1-10H,11H2,(H,18,21)(H2,17,19,20,22). The molecule has 3 N–H and O–H groups in total. The zero-order valence-electron chi connectivity index (χ0n) is 12.1. The lowest BCUT2D eigenvalue weighted by Crippen LogP contribution is -2.48. The Bertz CT molecular complexity index is 697. The Balaban J connectivity index is 1.70. The van der Waals surface area contributed by atoms with Crippen molar-refractivity contribution in [2.45, 2.75) is 6.42 Å². The van der Waals surface area contributed by atoms with Crippen molar-refractivity contribution in [3.63, 3.8) is 0 Å². The minimum Gasteiger partial charge on any atom is -0.298 e. The smallest absolute Gasteiger partial charge is 0.250 e. The van der Waals surface area contributed by atoms with E-state index in [1.807, 2.05) is 47.8 Å². The maximum Gasteiger partial charge on any atom is 0.250 e. The van der Waals surface area contributed by atoms with Crippen LogP contribution in [0.4, 0.5) is 0 Å². The molecule has 0 aliphatic carbocycles. The topological polar surface area (TPSA) is 70.2 Å². The molecule has 0 fully saturated rings. The van der Waals surface area contributed by atoms with Crippen LogP contribution in [0.15, 0.2) is 53.9 Å². The molecule has 0 unspecified atom stereocenters. The Morgan fingerprint density at radius 3 is 2.57 bits per heavy atom. The average molecular weight is 345 g/mol. The lowest BCUT2D eigenvalue weighted by Gasteiger charge is -2.09. The van der Waals surface area contributed by atoms with Crippen LogP contribution in [-0.4, -0.2) is 16.9 Å². The normalized spacial score (nSPS) is 10.3. The van der Waals surface area contributed by atoms with Crippen LogP contribution in [0.1, 0.15) is 10.4 Å². The molecule has 5 nitrogen and oxygen atoms in total. The van der Waals surface area contributed by atoms with Gasteiger partial charge in [0.15, 0.2) is 5.11 Å². The van der Waals surface area contributed by atoms with Crippen molar-refractivity contribution in [1.82, 2.24) is 16.2 Å². The number of hydrazine groups is 1. The molecule has 0 saturated carbocycles. The second-order valence-corrected chi connectivity index (χ2v) is 5.89. The lowest BCUT2D eigenvalue weighted by atomic mass is 10.1. The number of nitrogens with one attached hydrogen (secondary N) is 3. The number of rotatable bonds is 4. The summed E-state index contributed by atoms with van der Waals surface area (Å²) in [5.41, 5.74) is 5.82. The zero-order valence-corrected chi connectivity index (χ0v) is 13.7. The van der Waals surface area contributed by atoms with Crippen LogP contribution >= 0.6 is 23.6 Å². The van der Waals surface area contributed by atoms with E-state index >= 15 is 0 Å². The van der Waals surface area contributed by atoms with Gasteiger partial charge >= 0.3 is 0 Å². The van der Waals surface area contributed by atoms with Crippen LogP contribution < -0.4 is 16.2 Å². The Morgan fingerprint density at radius 2 is 1.87 bits per heavy atom. The molecule has 1 heterocycles. The van der Waals surface area contributed by atoms with Crippen LogP contribution in [0.3, 0.4) is 0 Å². The zero-order chi connectivity index (χ0) is 16.5. The fourth-order valence-electron chi connectivity index (χ4n) is 1.68. The first-order valence-corrected chi connectivity index (χ1v) is 8.07. The quantitative estimate of drug-likeness (QED) is 0.450. The summed E-state index contributed by atoms with van der Waals surface area (Å²) in [5.74, 6) is -0.616. The van der Waals surface area contributed by atoms with E-state index in [1.165, 1.54) is 17.4 Å². The SMILES string of the molecule is O=C(C=Cc1cccs1)NC(=S)NNC(=O)Cc1ccccc1. The number of carbonyl (C=O) groups excluding carboxylic acids is 2. The molecular formula is C16H15N3O2S2. The van der Waals surface area contributed by atoms with E-state index in [0.717, 1.165) is 10.4 Å². The monoisotopic (exact) mass is 345 g/mol. The highest BCUT2D eigenvalue weighted by Crippen LogP contribution is 2.09. The van der Waals surface area contributed by atoms with Crippen molar-refractivity contribution in [2.75, 3.05) is 0 Å². The van der Waals surface area contributed by atoms with Gasteiger partial charge in [-0.2, -0.15) is 0 Å². The predicted molar refractivity (Wildman–Crippen MR) is 95.5 cm³/mol. The van der Waals surface area contributed by atoms with Crippen LogP contribution in [0.5, 0.6) is 0 Å². The average Bonchev–Trinajstić information content (AvgIpc) is 3.05. The van der Waals surface area contributed by atoms with Gasteiger partial charge in [0, 0.05) is 11.0 Å². The second kappa shape index (κ2) is 8.82. The van der Waals surface area contributed by atoms with E-state index in [9.17, 15) is 9.59 Å². The molecule has 7 heteroatoms. The van der Waals surface area contributed by atoms with E-state index in [0.29, 0.717) is 0 Å². The second-order valence-electron chi connectivity index (χ2n) is 4.50. The van der Waals surface area contributed by atoms with Gasteiger partial charge in [0.05, 0.1) is 6.42 Å². The Labute approximate surface area is 143 Å². The first kappa shape index (κ1) is 16.9. The van der Waals surface area contributed by atoms with Gasteiger partial charge in [-0.3, -0.25) is 25.8 Å². The molecule has 1 aromatic heterocycles. The van der Waals surface area contributed by atoms with Crippen LogP contribution in [0, 0.1) is 0 Å². The van der Waals surface area contributed by atoms with Gasteiger partial charge in [-0.1, -0.05) is 36.4 Å². The molecule has 0 atom stereocenters. The van der Waals surface area contributed by atoms with Crippen molar-refractivity contribution in [2.24, 2.45) is 0 Å². The molecule has 2 amide bonds. The van der Waals surface area contributed by atoms with Crippen molar-refractivity contribution in [3.8, 4) is 0 Å². The van der Waals surface area contributed by atoms with Gasteiger partial charge < -0.3 is 0 Å². The summed E-state index contributed by atoms with van der Waals surface area (Å²) in [5, 5.41) is 4.40. The Kier molecular flexibility index (Phi) is 6.46. The van der Waals surface area contributed by atoms with Crippen molar-refractivity contribution in [1.29, 1.82) is 0 Å². The predicted octanol–water partition coefficient (Wildman–Crippen LogP) is 2.03. The van der Waals surface area contributed by atoms with Gasteiger partial charge in [-0.25, -0.2) is 0 Å². The number of thiophene rings is 1. The van der Waals surface area contributed by atoms with Gasteiger partial charge in [0.2, 0.25) is 11.8 Å². The summed E-state index contributed by atoms with van der Waals surface area (Å²) in [4.78, 5) is 24.3. The number of amides is 2. The summed E-state index contributed by atoms with van der Waals surface area (Å²) in [6.07, 6.45) is 3.30.